The summed E-state index contributed by atoms with van der Waals surface area (Å²) in [6, 6.07) is 12.5. The van der Waals surface area contributed by atoms with Gasteiger partial charge in [-0.2, -0.15) is 0 Å². The molecule has 13 nitrogen and oxygen atoms in total. The number of esters is 1. The van der Waals surface area contributed by atoms with Gasteiger partial charge in [-0.05, 0) is 31.2 Å². The highest BCUT2D eigenvalue weighted by Crippen LogP contribution is 2.34. The first-order chi connectivity index (χ1) is 20.9. The van der Waals surface area contributed by atoms with Crippen molar-refractivity contribution in [3.63, 3.8) is 0 Å². The summed E-state index contributed by atoms with van der Waals surface area (Å²) < 4.78 is 6.83. The Hall–Kier alpha value is -5.04. The van der Waals surface area contributed by atoms with Gasteiger partial charge >= 0.3 is 5.97 Å². The van der Waals surface area contributed by atoms with Crippen LogP contribution in [0.3, 0.4) is 0 Å². The van der Waals surface area contributed by atoms with Crippen molar-refractivity contribution in [2.24, 2.45) is 0 Å². The van der Waals surface area contributed by atoms with E-state index in [-0.39, 0.29) is 23.2 Å². The third-order valence-corrected chi connectivity index (χ3v) is 7.84. The van der Waals surface area contributed by atoms with Gasteiger partial charge in [0.1, 0.15) is 22.9 Å². The van der Waals surface area contributed by atoms with Crippen LogP contribution in [0.5, 0.6) is 0 Å². The second-order valence-electron chi connectivity index (χ2n) is 10.3. The van der Waals surface area contributed by atoms with Gasteiger partial charge in [0.15, 0.2) is 0 Å². The molecule has 0 spiro atoms. The largest absolute Gasteiger partial charge is 0.462 e. The molecule has 0 amide bonds. The molecule has 2 saturated heterocycles. The number of carbonyl (C=O) groups is 1. The van der Waals surface area contributed by atoms with Gasteiger partial charge in [-0.3, -0.25) is 19.5 Å². The number of nitro benzene ring substituents is 1. The molecule has 222 valence electrons. The fraction of sp³-hybridized carbons (Fsp3) is 0.333. The average Bonchev–Trinajstić information content (AvgIpc) is 3.05. The van der Waals surface area contributed by atoms with Crippen molar-refractivity contribution in [2.75, 3.05) is 73.7 Å². The predicted molar refractivity (Wildman–Crippen MR) is 164 cm³/mol. The van der Waals surface area contributed by atoms with Crippen LogP contribution in [0.1, 0.15) is 17.3 Å². The van der Waals surface area contributed by atoms with Gasteiger partial charge in [0, 0.05) is 88.8 Å². The van der Waals surface area contributed by atoms with Gasteiger partial charge in [-0.1, -0.05) is 6.07 Å². The number of benzene rings is 1. The molecule has 6 rings (SSSR count). The van der Waals surface area contributed by atoms with Crippen molar-refractivity contribution in [3.05, 3.63) is 87.0 Å². The van der Waals surface area contributed by atoms with E-state index in [1.807, 2.05) is 35.2 Å². The van der Waals surface area contributed by atoms with E-state index in [2.05, 4.69) is 25.1 Å². The average molecular weight is 585 g/mol. The number of aromatic nitrogens is 3. The van der Waals surface area contributed by atoms with Crippen LogP contribution in [-0.2, 0) is 4.74 Å². The molecule has 0 saturated carbocycles. The zero-order chi connectivity index (χ0) is 29.9. The molecule has 2 fully saturated rings. The Labute approximate surface area is 247 Å². The van der Waals surface area contributed by atoms with E-state index in [0.717, 1.165) is 37.7 Å². The molecule has 5 heterocycles. The normalized spacial score (nSPS) is 15.5. The number of hydrogen-bond acceptors (Lipinski definition) is 11. The van der Waals surface area contributed by atoms with Crippen LogP contribution in [0, 0.1) is 10.1 Å². The highest BCUT2D eigenvalue weighted by atomic mass is 16.6. The number of pyridine rings is 3. The molecule has 2 aliphatic rings. The molecule has 43 heavy (non-hydrogen) atoms. The molecule has 0 atom stereocenters. The Morgan fingerprint density at radius 1 is 0.953 bits per heavy atom. The molecule has 13 heteroatoms. The summed E-state index contributed by atoms with van der Waals surface area (Å²) in [5.41, 5.74) is 0.714. The number of piperazine rings is 2. The smallest absolute Gasteiger partial charge is 0.343 e. The molecular weight excluding hydrogens is 552 g/mol. The molecule has 0 aliphatic carbocycles. The lowest BCUT2D eigenvalue weighted by Crippen LogP contribution is -2.47. The first-order valence-electron chi connectivity index (χ1n) is 14.3. The standard InChI is InChI=1S/C30H32N8O5/c1-2-43-30(40)23-20-37(28-17-21(6-8-33-28)34-11-9-31-10-12-34)24-19-25(26(38(41)42)18-22(24)29(23)39)35-13-15-36(16-14-35)27-5-3-4-7-32-27/h3-8,17-20,31H,2,9-16H2,1H3. The Bertz CT molecular complexity index is 1710. The van der Waals surface area contributed by atoms with Crippen LogP contribution in [0.2, 0.25) is 0 Å². The summed E-state index contributed by atoms with van der Waals surface area (Å²) in [5, 5.41) is 15.7. The number of carbonyl (C=O) groups excluding carboxylic acids is 1. The molecule has 0 radical (unpaired) electrons. The van der Waals surface area contributed by atoms with Crippen molar-refractivity contribution in [2.45, 2.75) is 6.92 Å². The Morgan fingerprint density at radius 3 is 2.40 bits per heavy atom. The SMILES string of the molecule is CCOC(=O)c1cn(-c2cc(N3CCNCC3)ccn2)c2cc(N3CCN(c4ccccn4)CC3)c([N+](=O)[O-])cc2c1=O. The Balaban J connectivity index is 1.47. The maximum absolute atomic E-state index is 13.6. The van der Waals surface area contributed by atoms with E-state index in [1.54, 1.807) is 30.0 Å². The monoisotopic (exact) mass is 584 g/mol. The van der Waals surface area contributed by atoms with Crippen molar-refractivity contribution in [3.8, 4) is 5.82 Å². The molecular formula is C30H32N8O5. The minimum Gasteiger partial charge on any atom is -0.462 e. The van der Waals surface area contributed by atoms with Crippen molar-refractivity contribution >= 4 is 39.8 Å². The lowest BCUT2D eigenvalue weighted by atomic mass is 10.1. The number of nitro groups is 1. The van der Waals surface area contributed by atoms with Gasteiger partial charge in [-0.15, -0.1) is 0 Å². The van der Waals surface area contributed by atoms with E-state index in [4.69, 9.17) is 4.74 Å². The molecule has 0 unspecified atom stereocenters. The summed E-state index contributed by atoms with van der Waals surface area (Å²) in [6.07, 6.45) is 4.86. The van der Waals surface area contributed by atoms with E-state index in [0.29, 0.717) is 43.2 Å². The number of ether oxygens (including phenoxy) is 1. The van der Waals surface area contributed by atoms with E-state index >= 15 is 0 Å². The van der Waals surface area contributed by atoms with Gasteiger partial charge in [0.2, 0.25) is 5.43 Å². The molecule has 2 aliphatic heterocycles. The maximum Gasteiger partial charge on any atom is 0.343 e. The third kappa shape index (κ3) is 5.58. The molecule has 4 aromatic rings. The number of nitrogens with one attached hydrogen (secondary N) is 1. The zero-order valence-corrected chi connectivity index (χ0v) is 23.8. The second-order valence-corrected chi connectivity index (χ2v) is 10.3. The summed E-state index contributed by atoms with van der Waals surface area (Å²) in [5.74, 6) is 0.538. The minimum atomic E-state index is -0.793. The van der Waals surface area contributed by atoms with Crippen LogP contribution in [0.25, 0.3) is 16.7 Å². The third-order valence-electron chi connectivity index (χ3n) is 7.84. The molecule has 1 aromatic carbocycles. The maximum atomic E-state index is 13.6. The van der Waals surface area contributed by atoms with Gasteiger partial charge in [-0.25, -0.2) is 14.8 Å². The van der Waals surface area contributed by atoms with Crippen LogP contribution in [-0.4, -0.2) is 84.4 Å². The van der Waals surface area contributed by atoms with Crippen LogP contribution in [0.15, 0.2) is 65.8 Å². The fourth-order valence-corrected chi connectivity index (χ4v) is 5.67. The number of anilines is 3. The minimum absolute atomic E-state index is 0.0440. The van der Waals surface area contributed by atoms with Crippen molar-refractivity contribution in [1.29, 1.82) is 0 Å². The number of nitrogens with zero attached hydrogens (tertiary/aromatic N) is 7. The number of fused-ring (bicyclic) bond motifs is 1. The van der Waals surface area contributed by atoms with Crippen LogP contribution >= 0.6 is 0 Å². The fourth-order valence-electron chi connectivity index (χ4n) is 5.67. The van der Waals surface area contributed by atoms with E-state index < -0.39 is 16.3 Å². The number of hydrogen-bond donors (Lipinski definition) is 1. The van der Waals surface area contributed by atoms with Gasteiger partial charge in [0.05, 0.1) is 22.4 Å². The van der Waals surface area contributed by atoms with Crippen molar-refractivity contribution in [1.82, 2.24) is 19.9 Å². The van der Waals surface area contributed by atoms with Gasteiger partial charge in [0.25, 0.3) is 5.69 Å². The van der Waals surface area contributed by atoms with Crippen LogP contribution < -0.4 is 25.4 Å². The highest BCUT2D eigenvalue weighted by Gasteiger charge is 2.28. The summed E-state index contributed by atoms with van der Waals surface area (Å²) in [4.78, 5) is 53.7. The molecule has 1 N–H and O–H groups in total. The summed E-state index contributed by atoms with van der Waals surface area (Å²) >= 11 is 0. The molecule has 3 aromatic heterocycles. The Morgan fingerprint density at radius 2 is 1.70 bits per heavy atom. The summed E-state index contributed by atoms with van der Waals surface area (Å²) in [7, 11) is 0. The van der Waals surface area contributed by atoms with E-state index in [1.165, 1.54) is 12.3 Å². The first kappa shape index (κ1) is 28.1. The Kier molecular flexibility index (Phi) is 7.88. The lowest BCUT2D eigenvalue weighted by molar-refractivity contribution is -0.384. The summed E-state index contributed by atoms with van der Waals surface area (Å²) in [6.45, 7) is 7.36. The predicted octanol–water partition coefficient (Wildman–Crippen LogP) is 2.60. The highest BCUT2D eigenvalue weighted by molar-refractivity contribution is 5.96. The van der Waals surface area contributed by atoms with E-state index in [9.17, 15) is 19.7 Å². The number of rotatable bonds is 7. The van der Waals surface area contributed by atoms with Crippen molar-refractivity contribution < 1.29 is 14.5 Å². The lowest BCUT2D eigenvalue weighted by Gasteiger charge is -2.36. The zero-order valence-electron chi connectivity index (χ0n) is 23.8. The van der Waals surface area contributed by atoms with Crippen LogP contribution in [0.4, 0.5) is 22.9 Å². The first-order valence-corrected chi connectivity index (χ1v) is 14.3. The quantitative estimate of drug-likeness (QED) is 0.195. The molecule has 0 bridgehead atoms. The van der Waals surface area contributed by atoms with Gasteiger partial charge < -0.3 is 24.8 Å². The topological polar surface area (TPSA) is 139 Å². The second kappa shape index (κ2) is 12.1.